The molecule has 104 valence electrons. The number of piperazine rings is 1. The van der Waals surface area contributed by atoms with Gasteiger partial charge >= 0.3 is 0 Å². The molecule has 0 aromatic heterocycles. The summed E-state index contributed by atoms with van der Waals surface area (Å²) in [5, 5.41) is 9.52. The minimum Gasteiger partial charge on any atom is -0.508 e. The maximum absolute atomic E-state index is 12.5. The molecule has 1 saturated heterocycles. The highest BCUT2D eigenvalue weighted by Gasteiger charge is 2.33. The van der Waals surface area contributed by atoms with E-state index < -0.39 is 0 Å². The average molecular weight is 262 g/mol. The SMILES string of the molecule is Cc1cc(C(=O)N2CCN(C)C(C)(C)C2)ccc1O. The molecule has 19 heavy (non-hydrogen) atoms. The topological polar surface area (TPSA) is 43.8 Å². The zero-order valence-corrected chi connectivity index (χ0v) is 12.1. The molecule has 1 heterocycles. The Labute approximate surface area is 114 Å². The van der Waals surface area contributed by atoms with Crippen LogP contribution in [0.2, 0.25) is 0 Å². The molecule has 0 bridgehead atoms. The van der Waals surface area contributed by atoms with Crippen LogP contribution in [0, 0.1) is 6.92 Å². The molecular formula is C15H22N2O2. The van der Waals surface area contributed by atoms with Gasteiger partial charge in [0, 0.05) is 30.7 Å². The summed E-state index contributed by atoms with van der Waals surface area (Å²) >= 11 is 0. The van der Waals surface area contributed by atoms with Crippen molar-refractivity contribution in [3.05, 3.63) is 29.3 Å². The van der Waals surface area contributed by atoms with Crippen LogP contribution in [0.5, 0.6) is 5.75 Å². The number of phenols is 1. The van der Waals surface area contributed by atoms with E-state index in [0.717, 1.165) is 25.2 Å². The first-order valence-corrected chi connectivity index (χ1v) is 6.61. The second kappa shape index (κ2) is 4.85. The van der Waals surface area contributed by atoms with E-state index in [-0.39, 0.29) is 17.2 Å². The first-order chi connectivity index (χ1) is 8.81. The summed E-state index contributed by atoms with van der Waals surface area (Å²) in [7, 11) is 2.09. The fourth-order valence-electron chi connectivity index (χ4n) is 2.38. The second-order valence-electron chi connectivity index (χ2n) is 5.96. The number of carbonyl (C=O) groups excluding carboxylic acids is 1. The summed E-state index contributed by atoms with van der Waals surface area (Å²) in [4.78, 5) is 16.7. The zero-order chi connectivity index (χ0) is 14.2. The van der Waals surface area contributed by atoms with Gasteiger partial charge in [-0.15, -0.1) is 0 Å². The average Bonchev–Trinajstić information content (AvgIpc) is 2.35. The Morgan fingerprint density at radius 2 is 2.00 bits per heavy atom. The molecule has 0 aliphatic carbocycles. The number of amides is 1. The third-order valence-corrected chi connectivity index (χ3v) is 4.05. The first kappa shape index (κ1) is 13.9. The molecule has 1 aliphatic rings. The van der Waals surface area contributed by atoms with Gasteiger partial charge in [-0.3, -0.25) is 9.69 Å². The van der Waals surface area contributed by atoms with Crippen molar-refractivity contribution in [2.24, 2.45) is 0 Å². The van der Waals surface area contributed by atoms with Crippen LogP contribution in [0.3, 0.4) is 0 Å². The van der Waals surface area contributed by atoms with Crippen molar-refractivity contribution >= 4 is 5.91 Å². The molecule has 2 rings (SSSR count). The largest absolute Gasteiger partial charge is 0.508 e. The lowest BCUT2D eigenvalue weighted by Gasteiger charge is -2.45. The molecule has 1 N–H and O–H groups in total. The molecule has 0 saturated carbocycles. The van der Waals surface area contributed by atoms with Gasteiger partial charge in [0.15, 0.2) is 0 Å². The normalized spacial score (nSPS) is 19.5. The number of benzene rings is 1. The third-order valence-electron chi connectivity index (χ3n) is 4.05. The quantitative estimate of drug-likeness (QED) is 0.840. The molecule has 0 radical (unpaired) electrons. The van der Waals surface area contributed by atoms with Gasteiger partial charge in [-0.2, -0.15) is 0 Å². The van der Waals surface area contributed by atoms with Crippen molar-refractivity contribution in [3.8, 4) is 5.75 Å². The molecular weight excluding hydrogens is 240 g/mol. The monoisotopic (exact) mass is 262 g/mol. The standard InChI is InChI=1S/C15H22N2O2/c1-11-9-12(5-6-13(11)18)14(19)17-8-7-16(4)15(2,3)10-17/h5-6,9,18H,7-8,10H2,1-4H3. The summed E-state index contributed by atoms with van der Waals surface area (Å²) in [6, 6.07) is 5.03. The van der Waals surface area contributed by atoms with Crippen LogP contribution in [0.4, 0.5) is 0 Å². The number of likely N-dealkylation sites (N-methyl/N-ethyl adjacent to an activating group) is 1. The van der Waals surface area contributed by atoms with E-state index in [1.165, 1.54) is 0 Å². The van der Waals surface area contributed by atoms with Crippen LogP contribution in [0.15, 0.2) is 18.2 Å². The zero-order valence-electron chi connectivity index (χ0n) is 12.1. The lowest BCUT2D eigenvalue weighted by molar-refractivity contribution is 0.0311. The minimum absolute atomic E-state index is 0.000125. The van der Waals surface area contributed by atoms with Crippen LogP contribution in [-0.4, -0.2) is 53.0 Å². The highest BCUT2D eigenvalue weighted by atomic mass is 16.3. The maximum Gasteiger partial charge on any atom is 0.253 e. The lowest BCUT2D eigenvalue weighted by atomic mass is 9.99. The number of aryl methyl sites for hydroxylation is 1. The molecule has 1 amide bonds. The van der Waals surface area contributed by atoms with Gasteiger partial charge in [-0.25, -0.2) is 0 Å². The van der Waals surface area contributed by atoms with Crippen molar-refractivity contribution in [1.29, 1.82) is 0 Å². The van der Waals surface area contributed by atoms with E-state index in [9.17, 15) is 9.90 Å². The molecule has 4 heteroatoms. The van der Waals surface area contributed by atoms with Gasteiger partial charge in [0.1, 0.15) is 5.75 Å². The van der Waals surface area contributed by atoms with Gasteiger partial charge in [-0.1, -0.05) is 0 Å². The van der Waals surface area contributed by atoms with Crippen LogP contribution in [-0.2, 0) is 0 Å². The summed E-state index contributed by atoms with van der Waals surface area (Å²) in [5.74, 6) is 0.277. The van der Waals surface area contributed by atoms with E-state index in [4.69, 9.17) is 0 Å². The van der Waals surface area contributed by atoms with Gasteiger partial charge < -0.3 is 10.0 Å². The Morgan fingerprint density at radius 1 is 1.32 bits per heavy atom. The van der Waals surface area contributed by atoms with E-state index >= 15 is 0 Å². The molecule has 0 atom stereocenters. The van der Waals surface area contributed by atoms with E-state index in [2.05, 4.69) is 25.8 Å². The van der Waals surface area contributed by atoms with Gasteiger partial charge in [0.05, 0.1) is 0 Å². The molecule has 1 aromatic carbocycles. The number of phenolic OH excluding ortho intramolecular Hbond substituents is 1. The number of nitrogens with zero attached hydrogens (tertiary/aromatic N) is 2. The predicted octanol–water partition coefficient (Wildman–Crippen LogP) is 1.87. The fourth-order valence-corrected chi connectivity index (χ4v) is 2.38. The summed E-state index contributed by atoms with van der Waals surface area (Å²) < 4.78 is 0. The summed E-state index contributed by atoms with van der Waals surface area (Å²) in [5.41, 5.74) is 1.38. The number of hydrogen-bond donors (Lipinski definition) is 1. The van der Waals surface area contributed by atoms with Crippen LogP contribution in [0.25, 0.3) is 0 Å². The van der Waals surface area contributed by atoms with E-state index in [1.54, 1.807) is 25.1 Å². The van der Waals surface area contributed by atoms with Gasteiger partial charge in [-0.05, 0) is 51.6 Å². The van der Waals surface area contributed by atoms with Crippen LogP contribution in [0.1, 0.15) is 29.8 Å². The predicted molar refractivity (Wildman–Crippen MR) is 75.5 cm³/mol. The highest BCUT2D eigenvalue weighted by molar-refractivity contribution is 5.94. The van der Waals surface area contributed by atoms with Crippen molar-refractivity contribution in [3.63, 3.8) is 0 Å². The van der Waals surface area contributed by atoms with Crippen LogP contribution < -0.4 is 0 Å². The number of hydrogen-bond acceptors (Lipinski definition) is 3. The molecule has 4 nitrogen and oxygen atoms in total. The summed E-state index contributed by atoms with van der Waals surface area (Å²) in [6.07, 6.45) is 0. The summed E-state index contributed by atoms with van der Waals surface area (Å²) in [6.45, 7) is 8.46. The van der Waals surface area contributed by atoms with E-state index in [0.29, 0.717) is 5.56 Å². The third kappa shape index (κ3) is 2.73. The van der Waals surface area contributed by atoms with Crippen molar-refractivity contribution < 1.29 is 9.90 Å². The molecule has 1 aliphatic heterocycles. The van der Waals surface area contributed by atoms with Crippen molar-refractivity contribution in [1.82, 2.24) is 9.80 Å². The molecule has 0 spiro atoms. The molecule has 0 unspecified atom stereocenters. The van der Waals surface area contributed by atoms with Crippen molar-refractivity contribution in [2.45, 2.75) is 26.3 Å². The fraction of sp³-hybridized carbons (Fsp3) is 0.533. The Bertz CT molecular complexity index is 497. The highest BCUT2D eigenvalue weighted by Crippen LogP contribution is 2.22. The van der Waals surface area contributed by atoms with Gasteiger partial charge in [0.25, 0.3) is 5.91 Å². The Hall–Kier alpha value is -1.55. The first-order valence-electron chi connectivity index (χ1n) is 6.61. The maximum atomic E-state index is 12.5. The molecule has 1 fully saturated rings. The van der Waals surface area contributed by atoms with Gasteiger partial charge in [0.2, 0.25) is 0 Å². The second-order valence-corrected chi connectivity index (χ2v) is 5.96. The van der Waals surface area contributed by atoms with Crippen LogP contribution >= 0.6 is 0 Å². The number of rotatable bonds is 1. The Morgan fingerprint density at radius 3 is 2.58 bits per heavy atom. The molecule has 1 aromatic rings. The minimum atomic E-state index is -0.000125. The van der Waals surface area contributed by atoms with E-state index in [1.807, 2.05) is 4.90 Å². The smallest absolute Gasteiger partial charge is 0.253 e. The van der Waals surface area contributed by atoms with Crippen molar-refractivity contribution in [2.75, 3.05) is 26.7 Å². The number of carbonyl (C=O) groups is 1. The lowest BCUT2D eigenvalue weighted by Crippen LogP contribution is -2.58. The number of aromatic hydroxyl groups is 1. The Kier molecular flexibility index (Phi) is 3.54. The Balaban J connectivity index is 2.18.